The number of aromatic nitrogens is 1. The maximum atomic E-state index is 10.6. The van der Waals surface area contributed by atoms with E-state index in [1.54, 1.807) is 28.7 Å². The molecule has 106 valence electrons. The molecule has 0 bridgehead atoms. The lowest BCUT2D eigenvalue weighted by Crippen LogP contribution is -1.99. The highest BCUT2D eigenvalue weighted by atomic mass is 32.1. The van der Waals surface area contributed by atoms with E-state index in [1.807, 2.05) is 6.07 Å². The number of nitro groups is 1. The molecule has 21 heavy (non-hydrogen) atoms. The fraction of sp³-hybridized carbons (Fsp3) is 0.0714. The molecule has 0 amide bonds. The van der Waals surface area contributed by atoms with E-state index in [9.17, 15) is 10.1 Å². The molecule has 7 heteroatoms. The van der Waals surface area contributed by atoms with E-state index in [0.29, 0.717) is 12.4 Å². The van der Waals surface area contributed by atoms with E-state index >= 15 is 0 Å². The summed E-state index contributed by atoms with van der Waals surface area (Å²) >= 11 is 3.45. The van der Waals surface area contributed by atoms with Gasteiger partial charge in [0.25, 0.3) is 5.69 Å². The van der Waals surface area contributed by atoms with Gasteiger partial charge in [0.2, 0.25) is 0 Å². The average molecular weight is 317 g/mol. The molecule has 5 nitrogen and oxygen atoms in total. The van der Waals surface area contributed by atoms with Crippen LogP contribution >= 0.6 is 22.7 Å². The lowest BCUT2D eigenvalue weighted by molar-refractivity contribution is -0.385. The van der Waals surface area contributed by atoms with Crippen molar-refractivity contribution in [3.8, 4) is 9.75 Å². The largest absolute Gasteiger partial charge is 0.365 e. The maximum Gasteiger partial charge on any atom is 0.287 e. The molecule has 3 heterocycles. The minimum absolute atomic E-state index is 0.00310. The molecule has 0 unspecified atom stereocenters. The molecule has 3 aromatic heterocycles. The molecule has 0 aromatic carbocycles. The molecule has 0 atom stereocenters. The highest BCUT2D eigenvalue weighted by Crippen LogP contribution is 2.31. The first-order valence-electron chi connectivity index (χ1n) is 6.19. The summed E-state index contributed by atoms with van der Waals surface area (Å²) in [6.45, 7) is 0.654. The fourth-order valence-corrected chi connectivity index (χ4v) is 3.58. The van der Waals surface area contributed by atoms with Gasteiger partial charge in [0.05, 0.1) is 11.5 Å². The van der Waals surface area contributed by atoms with Gasteiger partial charge in [0.1, 0.15) is 12.0 Å². The zero-order chi connectivity index (χ0) is 14.7. The van der Waals surface area contributed by atoms with E-state index < -0.39 is 4.92 Å². The Morgan fingerprint density at radius 2 is 2.10 bits per heavy atom. The highest BCUT2D eigenvalue weighted by molar-refractivity contribution is 7.21. The second-order valence-corrected chi connectivity index (χ2v) is 6.37. The Morgan fingerprint density at radius 1 is 1.19 bits per heavy atom. The molecule has 0 radical (unpaired) electrons. The van der Waals surface area contributed by atoms with Gasteiger partial charge in [-0.15, -0.1) is 22.7 Å². The zero-order valence-corrected chi connectivity index (χ0v) is 12.5. The molecule has 0 aliphatic carbocycles. The van der Waals surface area contributed by atoms with Crippen LogP contribution in [0.25, 0.3) is 9.75 Å². The van der Waals surface area contributed by atoms with Crippen molar-refractivity contribution < 1.29 is 4.92 Å². The van der Waals surface area contributed by atoms with E-state index in [2.05, 4.69) is 33.9 Å². The van der Waals surface area contributed by atoms with Crippen LogP contribution < -0.4 is 5.32 Å². The number of anilines is 1. The Labute approximate surface area is 129 Å². The smallest absolute Gasteiger partial charge is 0.287 e. The molecular weight excluding hydrogens is 306 g/mol. The van der Waals surface area contributed by atoms with Crippen LogP contribution in [0.15, 0.2) is 48.0 Å². The van der Waals surface area contributed by atoms with Crippen molar-refractivity contribution in [2.24, 2.45) is 0 Å². The predicted molar refractivity (Wildman–Crippen MR) is 85.9 cm³/mol. The number of rotatable bonds is 5. The minimum atomic E-state index is -0.455. The second kappa shape index (κ2) is 6.02. The monoisotopic (exact) mass is 317 g/mol. The van der Waals surface area contributed by atoms with Crippen LogP contribution in [0.2, 0.25) is 0 Å². The molecule has 0 fully saturated rings. The Balaban J connectivity index is 1.64. The number of thiophene rings is 2. The molecule has 3 rings (SSSR count). The first kappa shape index (κ1) is 13.7. The Morgan fingerprint density at radius 3 is 2.76 bits per heavy atom. The summed E-state index contributed by atoms with van der Waals surface area (Å²) < 4.78 is 0. The standard InChI is InChI=1S/C14H11N3O2S2/c18-17(19)10-3-6-14(15-8-10)16-9-11-4-5-13(21-11)12-2-1-7-20-12/h1-8H,9H2,(H,15,16). The summed E-state index contributed by atoms with van der Waals surface area (Å²) in [7, 11) is 0. The third-order valence-corrected chi connectivity index (χ3v) is 4.98. The predicted octanol–water partition coefficient (Wildman–Crippen LogP) is 4.39. The molecular formula is C14H11N3O2S2. The molecule has 0 saturated heterocycles. The van der Waals surface area contributed by atoms with Crippen molar-refractivity contribution in [1.29, 1.82) is 0 Å². The third kappa shape index (κ3) is 3.26. The van der Waals surface area contributed by atoms with Crippen molar-refractivity contribution >= 4 is 34.2 Å². The minimum Gasteiger partial charge on any atom is -0.365 e. The zero-order valence-electron chi connectivity index (χ0n) is 10.9. The van der Waals surface area contributed by atoms with E-state index in [-0.39, 0.29) is 5.69 Å². The first-order chi connectivity index (χ1) is 10.2. The van der Waals surface area contributed by atoms with Gasteiger partial charge in [-0.05, 0) is 29.6 Å². The van der Waals surface area contributed by atoms with Gasteiger partial charge in [-0.25, -0.2) is 4.98 Å². The van der Waals surface area contributed by atoms with Gasteiger partial charge in [-0.2, -0.15) is 0 Å². The number of nitrogens with one attached hydrogen (secondary N) is 1. The SMILES string of the molecule is O=[N+]([O-])c1ccc(NCc2ccc(-c3cccs3)s2)nc1. The molecule has 0 saturated carbocycles. The van der Waals surface area contributed by atoms with Gasteiger partial charge in [-0.3, -0.25) is 10.1 Å². The van der Waals surface area contributed by atoms with Gasteiger partial charge >= 0.3 is 0 Å². The summed E-state index contributed by atoms with van der Waals surface area (Å²) in [6.07, 6.45) is 1.26. The molecule has 1 N–H and O–H groups in total. The summed E-state index contributed by atoms with van der Waals surface area (Å²) in [5.41, 5.74) is -0.00310. The maximum absolute atomic E-state index is 10.6. The fourth-order valence-electron chi connectivity index (χ4n) is 1.80. The summed E-state index contributed by atoms with van der Waals surface area (Å²) in [4.78, 5) is 17.8. The molecule has 0 spiro atoms. The lowest BCUT2D eigenvalue weighted by Gasteiger charge is -2.02. The summed E-state index contributed by atoms with van der Waals surface area (Å²) in [6, 6.07) is 11.4. The Bertz CT molecular complexity index is 736. The topological polar surface area (TPSA) is 68.1 Å². The molecule has 0 aliphatic rings. The Kier molecular flexibility index (Phi) is 3.94. The second-order valence-electron chi connectivity index (χ2n) is 4.26. The number of hydrogen-bond donors (Lipinski definition) is 1. The van der Waals surface area contributed by atoms with Crippen LogP contribution in [0, 0.1) is 10.1 Å². The van der Waals surface area contributed by atoms with Crippen molar-refractivity contribution in [2.75, 3.05) is 5.32 Å². The van der Waals surface area contributed by atoms with Gasteiger partial charge in [0, 0.05) is 20.7 Å². The van der Waals surface area contributed by atoms with Gasteiger partial charge in [-0.1, -0.05) is 6.07 Å². The van der Waals surface area contributed by atoms with E-state index in [1.165, 1.54) is 26.9 Å². The first-order valence-corrected chi connectivity index (χ1v) is 7.89. The normalized spacial score (nSPS) is 10.5. The summed E-state index contributed by atoms with van der Waals surface area (Å²) in [5, 5.41) is 15.8. The lowest BCUT2D eigenvalue weighted by atomic mass is 10.3. The number of nitrogens with zero attached hydrogens (tertiary/aromatic N) is 2. The van der Waals surface area contributed by atoms with Crippen LogP contribution in [-0.2, 0) is 6.54 Å². The van der Waals surface area contributed by atoms with Crippen LogP contribution in [0.1, 0.15) is 4.88 Å². The molecule has 0 aliphatic heterocycles. The van der Waals surface area contributed by atoms with Gasteiger partial charge < -0.3 is 5.32 Å². The van der Waals surface area contributed by atoms with Crippen molar-refractivity contribution in [3.63, 3.8) is 0 Å². The van der Waals surface area contributed by atoms with Crippen LogP contribution in [0.5, 0.6) is 0 Å². The van der Waals surface area contributed by atoms with Crippen molar-refractivity contribution in [1.82, 2.24) is 4.98 Å². The quantitative estimate of drug-likeness (QED) is 0.559. The highest BCUT2D eigenvalue weighted by Gasteiger charge is 2.06. The van der Waals surface area contributed by atoms with Crippen LogP contribution in [-0.4, -0.2) is 9.91 Å². The van der Waals surface area contributed by atoms with E-state index in [4.69, 9.17) is 0 Å². The van der Waals surface area contributed by atoms with Crippen molar-refractivity contribution in [2.45, 2.75) is 6.54 Å². The number of pyridine rings is 1. The average Bonchev–Trinajstić information content (AvgIpc) is 3.16. The third-order valence-electron chi connectivity index (χ3n) is 2.83. The molecule has 3 aromatic rings. The van der Waals surface area contributed by atoms with E-state index in [0.717, 1.165) is 0 Å². The van der Waals surface area contributed by atoms with Gasteiger partial charge in [0.15, 0.2) is 0 Å². The Hall–Kier alpha value is -2.25. The summed E-state index contributed by atoms with van der Waals surface area (Å²) in [5.74, 6) is 0.631. The van der Waals surface area contributed by atoms with Crippen molar-refractivity contribution in [3.05, 3.63) is 63.0 Å². The van der Waals surface area contributed by atoms with Crippen LogP contribution in [0.4, 0.5) is 11.5 Å². The van der Waals surface area contributed by atoms with Crippen LogP contribution in [0.3, 0.4) is 0 Å². The number of hydrogen-bond acceptors (Lipinski definition) is 6.